The lowest BCUT2D eigenvalue weighted by molar-refractivity contribution is 1.28. The summed E-state index contributed by atoms with van der Waals surface area (Å²) in [4.78, 5) is 4.87. The van der Waals surface area contributed by atoms with Gasteiger partial charge < -0.3 is 9.80 Å². The molecule has 2 nitrogen and oxygen atoms in total. The molecule has 0 unspecified atom stereocenters. The van der Waals surface area contributed by atoms with Crippen molar-refractivity contribution in [3.8, 4) is 0 Å². The predicted molar refractivity (Wildman–Crippen MR) is 223 cm³/mol. The van der Waals surface area contributed by atoms with E-state index in [0.29, 0.717) is 0 Å². The molecule has 0 aliphatic rings. The van der Waals surface area contributed by atoms with Crippen LogP contribution in [-0.2, 0) is 0 Å². The molecule has 246 valence electrons. The third kappa shape index (κ3) is 5.42. The molecule has 0 amide bonds. The number of anilines is 6. The molecule has 0 saturated carbocycles. The zero-order chi connectivity index (χ0) is 34.6. The molecular weight excluding hydrogens is 637 g/mol. The number of hydrogen-bond acceptors (Lipinski definition) is 3. The maximum atomic E-state index is 2.44. The topological polar surface area (TPSA) is 6.48 Å². The standard InChI is InChI=1S/C48H38N2S/c1-31-19-23-35(24-20-31)49(37-13-9-11-33(3)27-37)45-29-43-44-30-46(50(36-25-21-32(2)22-26-36)38-14-10-12-34(4)28-38)40-16-6-8-18-42(40)48(44)51-47(43)41-17-7-5-15-39(41)45/h5-30H,1-4H3. The highest BCUT2D eigenvalue weighted by atomic mass is 32.1. The van der Waals surface area contributed by atoms with E-state index < -0.39 is 0 Å². The molecular formula is C48H38N2S. The highest BCUT2D eigenvalue weighted by Crippen LogP contribution is 2.50. The van der Waals surface area contributed by atoms with Gasteiger partial charge in [0, 0.05) is 64.5 Å². The van der Waals surface area contributed by atoms with Crippen LogP contribution in [0, 0.1) is 27.7 Å². The molecule has 9 rings (SSSR count). The largest absolute Gasteiger partial charge is 0.310 e. The van der Waals surface area contributed by atoms with Crippen molar-refractivity contribution < 1.29 is 0 Å². The summed E-state index contributed by atoms with van der Waals surface area (Å²) in [5.41, 5.74) is 11.9. The molecule has 9 aromatic rings. The third-order valence-corrected chi connectivity index (χ3v) is 11.3. The highest BCUT2D eigenvalue weighted by molar-refractivity contribution is 7.27. The minimum atomic E-state index is 1.14. The average Bonchev–Trinajstić information content (AvgIpc) is 3.52. The van der Waals surface area contributed by atoms with Crippen LogP contribution in [0.1, 0.15) is 22.3 Å². The van der Waals surface area contributed by atoms with Crippen molar-refractivity contribution in [2.45, 2.75) is 27.7 Å². The van der Waals surface area contributed by atoms with Crippen LogP contribution < -0.4 is 9.80 Å². The van der Waals surface area contributed by atoms with Gasteiger partial charge in [0.15, 0.2) is 0 Å². The quantitative estimate of drug-likeness (QED) is 0.173. The summed E-state index contributed by atoms with van der Waals surface area (Å²) < 4.78 is 2.63. The lowest BCUT2D eigenvalue weighted by Gasteiger charge is -2.28. The first-order valence-electron chi connectivity index (χ1n) is 17.6. The number of thiophene rings is 1. The molecule has 0 spiro atoms. The van der Waals surface area contributed by atoms with E-state index >= 15 is 0 Å². The minimum Gasteiger partial charge on any atom is -0.310 e. The first-order valence-corrected chi connectivity index (χ1v) is 18.4. The number of nitrogens with zero attached hydrogens (tertiary/aromatic N) is 2. The minimum absolute atomic E-state index is 1.14. The van der Waals surface area contributed by atoms with Crippen LogP contribution in [0.3, 0.4) is 0 Å². The highest BCUT2D eigenvalue weighted by Gasteiger charge is 2.23. The van der Waals surface area contributed by atoms with Gasteiger partial charge in [-0.25, -0.2) is 0 Å². The molecule has 0 radical (unpaired) electrons. The maximum absolute atomic E-state index is 2.44. The van der Waals surface area contributed by atoms with Crippen molar-refractivity contribution in [1.82, 2.24) is 0 Å². The Kier molecular flexibility index (Phi) is 7.60. The van der Waals surface area contributed by atoms with Crippen molar-refractivity contribution >= 4 is 87.2 Å². The molecule has 0 fully saturated rings. The molecule has 8 aromatic carbocycles. The molecule has 3 heteroatoms. The fourth-order valence-corrected chi connectivity index (χ4v) is 8.87. The Labute approximate surface area is 303 Å². The summed E-state index contributed by atoms with van der Waals surface area (Å²) in [5.74, 6) is 0. The van der Waals surface area contributed by atoms with Gasteiger partial charge in [0.1, 0.15) is 0 Å². The zero-order valence-electron chi connectivity index (χ0n) is 29.3. The van der Waals surface area contributed by atoms with Gasteiger partial charge in [-0.15, -0.1) is 11.3 Å². The van der Waals surface area contributed by atoms with Gasteiger partial charge in [0.05, 0.1) is 11.4 Å². The van der Waals surface area contributed by atoms with Crippen LogP contribution in [0.25, 0.3) is 41.7 Å². The number of benzene rings is 8. The van der Waals surface area contributed by atoms with Crippen molar-refractivity contribution in [3.05, 3.63) is 180 Å². The summed E-state index contributed by atoms with van der Waals surface area (Å²) >= 11 is 1.92. The van der Waals surface area contributed by atoms with Gasteiger partial charge >= 0.3 is 0 Å². The fraction of sp³-hybridized carbons (Fsp3) is 0.0833. The second-order valence-electron chi connectivity index (χ2n) is 13.8. The van der Waals surface area contributed by atoms with Crippen LogP contribution in [0.2, 0.25) is 0 Å². The van der Waals surface area contributed by atoms with E-state index in [1.807, 2.05) is 11.3 Å². The van der Waals surface area contributed by atoms with E-state index in [0.717, 1.165) is 22.7 Å². The second-order valence-corrected chi connectivity index (χ2v) is 14.8. The first kappa shape index (κ1) is 31.1. The van der Waals surface area contributed by atoms with Crippen LogP contribution in [0.15, 0.2) is 158 Å². The zero-order valence-corrected chi connectivity index (χ0v) is 30.1. The summed E-state index contributed by atoms with van der Waals surface area (Å²) in [7, 11) is 0. The predicted octanol–water partition coefficient (Wildman–Crippen LogP) is 14.5. The Morgan fingerprint density at radius 2 is 0.706 bits per heavy atom. The third-order valence-electron chi connectivity index (χ3n) is 10.0. The fourth-order valence-electron chi connectivity index (χ4n) is 7.53. The van der Waals surface area contributed by atoms with E-state index in [9.17, 15) is 0 Å². The van der Waals surface area contributed by atoms with Gasteiger partial charge in [-0.3, -0.25) is 0 Å². The Morgan fingerprint density at radius 1 is 0.314 bits per heavy atom. The van der Waals surface area contributed by atoms with Crippen LogP contribution in [-0.4, -0.2) is 0 Å². The van der Waals surface area contributed by atoms with Crippen LogP contribution in [0.5, 0.6) is 0 Å². The van der Waals surface area contributed by atoms with Crippen LogP contribution >= 0.6 is 11.3 Å². The Balaban J connectivity index is 1.39. The molecule has 0 saturated heterocycles. The molecule has 51 heavy (non-hydrogen) atoms. The SMILES string of the molecule is Cc1ccc(N(c2cccc(C)c2)c2cc3c4cc(N(c5ccc(C)cc5)c5cccc(C)c5)c5ccccc5c4sc3c3ccccc23)cc1. The average molecular weight is 675 g/mol. The number of fused-ring (bicyclic) bond motifs is 7. The number of hydrogen-bond donors (Lipinski definition) is 0. The summed E-state index contributed by atoms with van der Waals surface area (Å²) in [6.45, 7) is 8.65. The van der Waals surface area contributed by atoms with Gasteiger partial charge in [0.2, 0.25) is 0 Å². The molecule has 0 bridgehead atoms. The van der Waals surface area contributed by atoms with Crippen molar-refractivity contribution in [3.63, 3.8) is 0 Å². The van der Waals surface area contributed by atoms with Crippen molar-refractivity contribution in [1.29, 1.82) is 0 Å². The maximum Gasteiger partial charge on any atom is 0.0547 e. The van der Waals surface area contributed by atoms with E-state index in [4.69, 9.17) is 0 Å². The van der Waals surface area contributed by atoms with E-state index in [1.165, 1.54) is 75.3 Å². The van der Waals surface area contributed by atoms with E-state index in [-0.39, 0.29) is 0 Å². The van der Waals surface area contributed by atoms with Crippen molar-refractivity contribution in [2.24, 2.45) is 0 Å². The van der Waals surface area contributed by atoms with Gasteiger partial charge in [-0.05, 0) is 99.5 Å². The second kappa shape index (κ2) is 12.5. The van der Waals surface area contributed by atoms with Gasteiger partial charge in [-0.1, -0.05) is 108 Å². The number of aryl methyl sites for hydroxylation is 4. The molecule has 0 aliphatic carbocycles. The lowest BCUT2D eigenvalue weighted by Crippen LogP contribution is -2.11. The Morgan fingerprint density at radius 3 is 1.10 bits per heavy atom. The molecule has 1 heterocycles. The number of rotatable bonds is 6. The summed E-state index contributed by atoms with van der Waals surface area (Å²) in [6.07, 6.45) is 0. The van der Waals surface area contributed by atoms with Gasteiger partial charge in [0.25, 0.3) is 0 Å². The lowest BCUT2D eigenvalue weighted by atomic mass is 9.99. The first-order chi connectivity index (χ1) is 24.9. The normalized spacial score (nSPS) is 11.5. The Hall–Kier alpha value is -5.90. The molecule has 0 N–H and O–H groups in total. The summed E-state index contributed by atoms with van der Waals surface area (Å²) in [6, 6.07) is 58.3. The van der Waals surface area contributed by atoms with E-state index in [1.54, 1.807) is 0 Å². The smallest absolute Gasteiger partial charge is 0.0547 e. The van der Waals surface area contributed by atoms with Crippen LogP contribution in [0.4, 0.5) is 34.1 Å². The monoisotopic (exact) mass is 674 g/mol. The van der Waals surface area contributed by atoms with Crippen molar-refractivity contribution in [2.75, 3.05) is 9.80 Å². The Bertz CT molecular complexity index is 2550. The van der Waals surface area contributed by atoms with E-state index in [2.05, 4.69) is 195 Å². The molecule has 1 aromatic heterocycles. The van der Waals surface area contributed by atoms with Gasteiger partial charge in [-0.2, -0.15) is 0 Å². The summed E-state index contributed by atoms with van der Waals surface area (Å²) in [5, 5.41) is 7.57. The molecule has 0 aliphatic heterocycles. The molecule has 0 atom stereocenters.